The maximum atomic E-state index is 12.2. The summed E-state index contributed by atoms with van der Waals surface area (Å²) >= 11 is 0. The van der Waals surface area contributed by atoms with Gasteiger partial charge in [0.2, 0.25) is 11.8 Å². The van der Waals surface area contributed by atoms with Crippen LogP contribution < -0.4 is 0 Å². The van der Waals surface area contributed by atoms with Gasteiger partial charge in [0.25, 0.3) is 0 Å². The Labute approximate surface area is 156 Å². The van der Waals surface area contributed by atoms with Crippen molar-refractivity contribution in [3.8, 4) is 0 Å². The molecule has 0 saturated heterocycles. The predicted octanol–water partition coefficient (Wildman–Crippen LogP) is 5.01. The molecule has 0 unspecified atom stereocenters. The quantitative estimate of drug-likeness (QED) is 0.289. The summed E-state index contributed by atoms with van der Waals surface area (Å²) < 4.78 is 0. The molecular formula is C21H42N2O2. The van der Waals surface area contributed by atoms with Gasteiger partial charge in [-0.2, -0.15) is 0 Å². The lowest BCUT2D eigenvalue weighted by molar-refractivity contribution is -0.139. The van der Waals surface area contributed by atoms with Gasteiger partial charge in [0.05, 0.1) is 0 Å². The minimum Gasteiger partial charge on any atom is -0.345 e. The van der Waals surface area contributed by atoms with Crippen LogP contribution in [0.4, 0.5) is 0 Å². The van der Waals surface area contributed by atoms with E-state index >= 15 is 0 Å². The van der Waals surface area contributed by atoms with Crippen LogP contribution in [0.3, 0.4) is 0 Å². The Morgan fingerprint density at radius 2 is 0.880 bits per heavy atom. The lowest BCUT2D eigenvalue weighted by atomic mass is 10.1. The molecule has 0 bridgehead atoms. The highest BCUT2D eigenvalue weighted by Crippen LogP contribution is 2.08. The third-order valence-corrected chi connectivity index (χ3v) is 4.85. The van der Waals surface area contributed by atoms with Crippen molar-refractivity contribution in [1.82, 2.24) is 9.80 Å². The molecule has 0 aromatic carbocycles. The predicted molar refractivity (Wildman–Crippen MR) is 107 cm³/mol. The topological polar surface area (TPSA) is 40.6 Å². The molecule has 0 aliphatic rings. The van der Waals surface area contributed by atoms with E-state index in [1.807, 2.05) is 14.1 Å². The molecule has 4 nitrogen and oxygen atoms in total. The van der Waals surface area contributed by atoms with Crippen LogP contribution in [0.1, 0.15) is 97.3 Å². The van der Waals surface area contributed by atoms with Crippen LogP contribution in [0.25, 0.3) is 0 Å². The first-order chi connectivity index (χ1) is 12.0. The van der Waals surface area contributed by atoms with Gasteiger partial charge in [-0.1, -0.05) is 78.1 Å². The van der Waals surface area contributed by atoms with Crippen LogP contribution in [0, 0.1) is 0 Å². The SMILES string of the molecule is CCCCCCCCN(C)C(=O)CC(=O)N(C)CCCCCCCC. The summed E-state index contributed by atoms with van der Waals surface area (Å²) in [5.74, 6) is -0.0956. The molecule has 0 N–H and O–H groups in total. The summed E-state index contributed by atoms with van der Waals surface area (Å²) in [6.45, 7) is 5.96. The second-order valence-electron chi connectivity index (χ2n) is 7.34. The van der Waals surface area contributed by atoms with E-state index in [1.54, 1.807) is 9.80 Å². The highest BCUT2D eigenvalue weighted by atomic mass is 16.2. The van der Waals surface area contributed by atoms with Crippen LogP contribution >= 0.6 is 0 Å². The van der Waals surface area contributed by atoms with E-state index in [-0.39, 0.29) is 18.2 Å². The zero-order valence-electron chi connectivity index (χ0n) is 17.3. The van der Waals surface area contributed by atoms with Crippen LogP contribution in [-0.4, -0.2) is 48.8 Å². The minimum atomic E-state index is -0.0478. The molecule has 25 heavy (non-hydrogen) atoms. The van der Waals surface area contributed by atoms with Crippen molar-refractivity contribution in [2.75, 3.05) is 27.2 Å². The molecule has 0 aromatic heterocycles. The third-order valence-electron chi connectivity index (χ3n) is 4.85. The highest BCUT2D eigenvalue weighted by molar-refractivity contribution is 5.96. The van der Waals surface area contributed by atoms with Gasteiger partial charge in [0.15, 0.2) is 0 Å². The molecule has 0 aliphatic carbocycles. The molecule has 2 amide bonds. The monoisotopic (exact) mass is 354 g/mol. The highest BCUT2D eigenvalue weighted by Gasteiger charge is 2.16. The molecule has 0 heterocycles. The fourth-order valence-electron chi connectivity index (χ4n) is 2.91. The maximum absolute atomic E-state index is 12.2. The molecule has 0 saturated carbocycles. The smallest absolute Gasteiger partial charge is 0.231 e. The number of unbranched alkanes of at least 4 members (excludes halogenated alkanes) is 10. The standard InChI is InChI=1S/C21H42N2O2/c1-5-7-9-11-13-15-17-22(3)20(24)19-21(25)23(4)18-16-14-12-10-8-6-2/h5-19H2,1-4H3. The second kappa shape index (κ2) is 16.4. The van der Waals surface area contributed by atoms with Crippen molar-refractivity contribution in [2.24, 2.45) is 0 Å². The van der Waals surface area contributed by atoms with E-state index in [2.05, 4.69) is 13.8 Å². The Bertz CT molecular complexity index is 313. The van der Waals surface area contributed by atoms with Gasteiger partial charge in [-0.3, -0.25) is 9.59 Å². The molecular weight excluding hydrogens is 312 g/mol. The Morgan fingerprint density at radius 3 is 1.24 bits per heavy atom. The lowest BCUT2D eigenvalue weighted by Crippen LogP contribution is -2.35. The van der Waals surface area contributed by atoms with Crippen molar-refractivity contribution in [2.45, 2.75) is 97.3 Å². The average molecular weight is 355 g/mol. The Balaban J connectivity index is 3.77. The van der Waals surface area contributed by atoms with Crippen LogP contribution in [0.5, 0.6) is 0 Å². The van der Waals surface area contributed by atoms with E-state index in [4.69, 9.17) is 0 Å². The van der Waals surface area contributed by atoms with Gasteiger partial charge in [-0.25, -0.2) is 0 Å². The van der Waals surface area contributed by atoms with Crippen molar-refractivity contribution in [3.63, 3.8) is 0 Å². The number of nitrogens with zero attached hydrogens (tertiary/aromatic N) is 2. The summed E-state index contributed by atoms with van der Waals surface area (Å²) in [6, 6.07) is 0. The molecule has 148 valence electrons. The molecule has 0 fully saturated rings. The fraction of sp³-hybridized carbons (Fsp3) is 0.905. The van der Waals surface area contributed by atoms with E-state index in [0.29, 0.717) is 0 Å². The Kier molecular flexibility index (Phi) is 15.7. The zero-order chi connectivity index (χ0) is 18.9. The molecule has 4 heteroatoms. The van der Waals surface area contributed by atoms with E-state index in [0.717, 1.165) is 25.9 Å². The van der Waals surface area contributed by atoms with Gasteiger partial charge < -0.3 is 9.80 Å². The van der Waals surface area contributed by atoms with Crippen LogP contribution in [0.2, 0.25) is 0 Å². The summed E-state index contributed by atoms with van der Waals surface area (Å²) in [7, 11) is 3.63. The van der Waals surface area contributed by atoms with E-state index in [1.165, 1.54) is 64.2 Å². The number of carbonyl (C=O) groups excluding carboxylic acids is 2. The number of rotatable bonds is 16. The lowest BCUT2D eigenvalue weighted by Gasteiger charge is -2.20. The minimum absolute atomic E-state index is 0.0126. The number of hydrogen-bond donors (Lipinski definition) is 0. The summed E-state index contributed by atoms with van der Waals surface area (Å²) in [5.41, 5.74) is 0. The van der Waals surface area contributed by atoms with Gasteiger partial charge >= 0.3 is 0 Å². The number of carbonyl (C=O) groups is 2. The number of hydrogen-bond acceptors (Lipinski definition) is 2. The van der Waals surface area contributed by atoms with Gasteiger partial charge in [-0.05, 0) is 12.8 Å². The molecule has 0 radical (unpaired) electrons. The van der Waals surface area contributed by atoms with Gasteiger partial charge in [0, 0.05) is 27.2 Å². The summed E-state index contributed by atoms with van der Waals surface area (Å²) in [6.07, 6.45) is 14.6. The molecule has 0 atom stereocenters. The van der Waals surface area contributed by atoms with Gasteiger partial charge in [0.1, 0.15) is 6.42 Å². The van der Waals surface area contributed by atoms with Crippen molar-refractivity contribution in [3.05, 3.63) is 0 Å². The van der Waals surface area contributed by atoms with Crippen molar-refractivity contribution >= 4 is 11.8 Å². The largest absolute Gasteiger partial charge is 0.345 e. The first-order valence-corrected chi connectivity index (χ1v) is 10.5. The Morgan fingerprint density at radius 1 is 0.560 bits per heavy atom. The first-order valence-electron chi connectivity index (χ1n) is 10.5. The second-order valence-corrected chi connectivity index (χ2v) is 7.34. The Hall–Kier alpha value is -1.06. The zero-order valence-corrected chi connectivity index (χ0v) is 17.3. The maximum Gasteiger partial charge on any atom is 0.231 e. The summed E-state index contributed by atoms with van der Waals surface area (Å²) in [4.78, 5) is 27.7. The summed E-state index contributed by atoms with van der Waals surface area (Å²) in [5, 5.41) is 0. The molecule has 0 rings (SSSR count). The van der Waals surface area contributed by atoms with Crippen molar-refractivity contribution < 1.29 is 9.59 Å². The van der Waals surface area contributed by atoms with Crippen molar-refractivity contribution in [1.29, 1.82) is 0 Å². The fourth-order valence-corrected chi connectivity index (χ4v) is 2.91. The molecule has 0 spiro atoms. The number of amides is 2. The van der Waals surface area contributed by atoms with Gasteiger partial charge in [-0.15, -0.1) is 0 Å². The van der Waals surface area contributed by atoms with Crippen LogP contribution in [0.15, 0.2) is 0 Å². The van der Waals surface area contributed by atoms with Crippen LogP contribution in [-0.2, 0) is 9.59 Å². The van der Waals surface area contributed by atoms with E-state index < -0.39 is 0 Å². The third kappa shape index (κ3) is 13.9. The van der Waals surface area contributed by atoms with E-state index in [9.17, 15) is 9.59 Å². The average Bonchev–Trinajstić information content (AvgIpc) is 2.60. The first kappa shape index (κ1) is 23.9. The molecule has 0 aromatic rings. The normalized spacial score (nSPS) is 10.7. The molecule has 0 aliphatic heterocycles.